The maximum absolute atomic E-state index is 15.1. The van der Waals surface area contributed by atoms with Gasteiger partial charge in [-0.3, -0.25) is 14.7 Å². The molecular weight excluding hydrogens is 582 g/mol. The number of carbonyl (C=O) groups is 2. The molecule has 2 fully saturated rings. The Morgan fingerprint density at radius 1 is 1.32 bits per heavy atom. The van der Waals surface area contributed by atoms with E-state index in [9.17, 15) is 14.7 Å². The highest BCUT2D eigenvalue weighted by molar-refractivity contribution is 9.10. The molecule has 3 aliphatic rings. The lowest BCUT2D eigenvalue weighted by atomic mass is 9.87. The fourth-order valence-corrected chi connectivity index (χ4v) is 6.85. The highest BCUT2D eigenvalue weighted by atomic mass is 79.9. The van der Waals surface area contributed by atoms with Crippen molar-refractivity contribution in [1.82, 2.24) is 15.2 Å². The van der Waals surface area contributed by atoms with Gasteiger partial charge < -0.3 is 15.2 Å². The van der Waals surface area contributed by atoms with Crippen molar-refractivity contribution in [3.8, 4) is 0 Å². The van der Waals surface area contributed by atoms with Crippen LogP contribution in [0.15, 0.2) is 56.6 Å². The molecule has 2 aromatic rings. The second-order valence-electron chi connectivity index (χ2n) is 9.72. The van der Waals surface area contributed by atoms with Crippen molar-refractivity contribution in [3.63, 3.8) is 0 Å². The second-order valence-corrected chi connectivity index (χ2v) is 11.5. The van der Waals surface area contributed by atoms with Crippen molar-refractivity contribution in [3.05, 3.63) is 62.2 Å². The number of piperidine rings is 1. The van der Waals surface area contributed by atoms with Gasteiger partial charge in [0.25, 0.3) is 5.92 Å². The average Bonchev–Trinajstić information content (AvgIpc) is 3.43. The summed E-state index contributed by atoms with van der Waals surface area (Å²) < 4.78 is 36.4. The molecule has 1 aromatic carbocycles. The maximum atomic E-state index is 15.1. The number of esters is 1. The number of carboxylic acids is 1. The van der Waals surface area contributed by atoms with Crippen LogP contribution in [0.3, 0.4) is 0 Å². The zero-order chi connectivity index (χ0) is 27.0. The number of aliphatic carboxylic acids is 1. The van der Waals surface area contributed by atoms with Crippen molar-refractivity contribution in [2.24, 2.45) is 10.9 Å². The van der Waals surface area contributed by atoms with Gasteiger partial charge in [-0.2, -0.15) is 0 Å². The van der Waals surface area contributed by atoms with Crippen LogP contribution in [-0.2, 0) is 14.3 Å². The van der Waals surface area contributed by atoms with E-state index in [4.69, 9.17) is 9.73 Å². The Hall–Kier alpha value is -2.70. The molecule has 12 heteroatoms. The van der Waals surface area contributed by atoms with E-state index in [0.29, 0.717) is 23.0 Å². The highest BCUT2D eigenvalue weighted by Gasteiger charge is 2.57. The molecule has 2 N–H and O–H groups in total. The van der Waals surface area contributed by atoms with Crippen LogP contribution in [0.5, 0.6) is 0 Å². The summed E-state index contributed by atoms with van der Waals surface area (Å²) in [6.45, 7) is 1.90. The smallest absolute Gasteiger partial charge is 0.338 e. The summed E-state index contributed by atoms with van der Waals surface area (Å²) in [6, 6.07) is 5.04. The van der Waals surface area contributed by atoms with Gasteiger partial charge in [-0.05, 0) is 37.3 Å². The number of alkyl halides is 2. The highest BCUT2D eigenvalue weighted by Crippen LogP contribution is 2.49. The van der Waals surface area contributed by atoms with Crippen LogP contribution in [0.4, 0.5) is 8.78 Å². The van der Waals surface area contributed by atoms with Crippen molar-refractivity contribution >= 4 is 45.0 Å². The first-order valence-electron chi connectivity index (χ1n) is 12.4. The molecule has 202 valence electrons. The van der Waals surface area contributed by atoms with E-state index in [0.717, 1.165) is 10.0 Å². The number of aliphatic imine (C=N–C) groups is 1. The Kier molecular flexibility index (Phi) is 7.65. The van der Waals surface area contributed by atoms with Crippen LogP contribution in [0.1, 0.15) is 49.2 Å². The summed E-state index contributed by atoms with van der Waals surface area (Å²) in [5, 5.41) is 14.9. The molecule has 4 unspecified atom stereocenters. The van der Waals surface area contributed by atoms with E-state index in [1.54, 1.807) is 18.0 Å². The van der Waals surface area contributed by atoms with Crippen molar-refractivity contribution in [2.75, 3.05) is 13.2 Å². The first kappa shape index (κ1) is 26.9. The molecule has 38 heavy (non-hydrogen) atoms. The first-order chi connectivity index (χ1) is 18.2. The Labute approximate surface area is 230 Å². The Morgan fingerprint density at radius 2 is 2.11 bits per heavy atom. The minimum atomic E-state index is -2.95. The number of thiazole rings is 1. The molecule has 0 saturated carbocycles. The summed E-state index contributed by atoms with van der Waals surface area (Å²) in [6.07, 6.45) is 1.63. The third-order valence-corrected chi connectivity index (χ3v) is 8.79. The van der Waals surface area contributed by atoms with Crippen LogP contribution >= 0.6 is 27.3 Å². The molecule has 0 amide bonds. The number of hydrogen-bond acceptors (Lipinski definition) is 8. The SMILES string of the molecule is CCOC(=O)C1=C(CN2C3CC(CC(=O)O)CC2C(F)(F)C3)NC(c2nccs2)=NC1c1ccccc1Br. The standard InChI is InChI=1S/C26H27BrF2N4O4S/c1-2-37-25(36)21-18(13-33-15-9-14(11-20(34)35)10-19(33)26(28,29)12-15)31-23(24-30-7-8-38-24)32-22(21)16-5-3-4-6-17(16)27/h3-8,14-15,19,22H,2,9-13H2,1H3,(H,31,32)(H,34,35). The molecule has 8 nitrogen and oxygen atoms in total. The summed E-state index contributed by atoms with van der Waals surface area (Å²) in [4.78, 5) is 35.6. The van der Waals surface area contributed by atoms with Gasteiger partial charge in [0.15, 0.2) is 10.8 Å². The van der Waals surface area contributed by atoms with Crippen LogP contribution in [0.2, 0.25) is 0 Å². The molecule has 2 bridgehead atoms. The Morgan fingerprint density at radius 3 is 2.76 bits per heavy atom. The lowest BCUT2D eigenvalue weighted by Gasteiger charge is -2.40. The number of nitrogens with zero attached hydrogens (tertiary/aromatic N) is 3. The van der Waals surface area contributed by atoms with E-state index in [1.165, 1.54) is 11.3 Å². The molecule has 3 aliphatic heterocycles. The van der Waals surface area contributed by atoms with Crippen molar-refractivity contribution < 1.29 is 28.2 Å². The molecule has 2 saturated heterocycles. The van der Waals surface area contributed by atoms with Gasteiger partial charge in [0.05, 0.1) is 18.2 Å². The van der Waals surface area contributed by atoms with E-state index >= 15 is 8.78 Å². The number of carboxylic acid groups (broad SMARTS) is 1. The van der Waals surface area contributed by atoms with Crippen LogP contribution in [0.25, 0.3) is 0 Å². The molecule has 0 aliphatic carbocycles. The zero-order valence-electron chi connectivity index (χ0n) is 20.6. The number of ether oxygens (including phenoxy) is 1. The topological polar surface area (TPSA) is 104 Å². The predicted molar refractivity (Wildman–Crippen MR) is 141 cm³/mol. The summed E-state index contributed by atoms with van der Waals surface area (Å²) >= 11 is 4.94. The second kappa shape index (κ2) is 10.8. The summed E-state index contributed by atoms with van der Waals surface area (Å²) in [5.74, 6) is -4.37. The quantitative estimate of drug-likeness (QED) is 0.416. The minimum absolute atomic E-state index is 0.0458. The molecule has 1 aromatic heterocycles. The van der Waals surface area contributed by atoms with Gasteiger partial charge in [-0.15, -0.1) is 11.3 Å². The van der Waals surface area contributed by atoms with Gasteiger partial charge in [-0.25, -0.2) is 18.6 Å². The number of benzene rings is 1. The number of nitrogens with one attached hydrogen (secondary N) is 1. The fraction of sp³-hybridized carbons (Fsp3) is 0.462. The van der Waals surface area contributed by atoms with Crippen LogP contribution in [-0.4, -0.2) is 63.9 Å². The predicted octanol–water partition coefficient (Wildman–Crippen LogP) is 4.78. The number of hydrogen-bond donors (Lipinski definition) is 2. The van der Waals surface area contributed by atoms with Gasteiger partial charge in [-0.1, -0.05) is 34.1 Å². The molecular formula is C26H27BrF2N4O4S. The number of aromatic nitrogens is 1. The number of fused-ring (bicyclic) bond motifs is 2. The third-order valence-electron chi connectivity index (χ3n) is 7.29. The van der Waals surface area contributed by atoms with E-state index in [2.05, 4.69) is 26.2 Å². The van der Waals surface area contributed by atoms with E-state index in [-0.39, 0.29) is 43.9 Å². The lowest BCUT2D eigenvalue weighted by molar-refractivity contribution is -0.140. The molecule has 0 radical (unpaired) electrons. The number of halogens is 3. The van der Waals surface area contributed by atoms with Crippen molar-refractivity contribution in [2.45, 2.75) is 56.7 Å². The first-order valence-corrected chi connectivity index (χ1v) is 14.1. The third kappa shape index (κ3) is 5.26. The molecule has 5 rings (SSSR count). The lowest BCUT2D eigenvalue weighted by Crippen LogP contribution is -2.50. The number of rotatable bonds is 8. The zero-order valence-corrected chi connectivity index (χ0v) is 23.0. The Bertz CT molecular complexity index is 1290. The molecule has 0 spiro atoms. The summed E-state index contributed by atoms with van der Waals surface area (Å²) in [7, 11) is 0. The number of carbonyl (C=O) groups excluding carboxylic acids is 1. The van der Waals surface area contributed by atoms with Gasteiger partial charge in [0, 0.05) is 47.2 Å². The normalized spacial score (nSPS) is 26.6. The van der Waals surface area contributed by atoms with Gasteiger partial charge in [0.1, 0.15) is 6.04 Å². The fourth-order valence-electron chi connectivity index (χ4n) is 5.76. The average molecular weight is 609 g/mol. The van der Waals surface area contributed by atoms with E-state index < -0.39 is 36.0 Å². The minimum Gasteiger partial charge on any atom is -0.481 e. The monoisotopic (exact) mass is 608 g/mol. The molecule has 4 atom stereocenters. The maximum Gasteiger partial charge on any atom is 0.338 e. The van der Waals surface area contributed by atoms with Gasteiger partial charge >= 0.3 is 11.9 Å². The largest absolute Gasteiger partial charge is 0.481 e. The molecule has 4 heterocycles. The van der Waals surface area contributed by atoms with Crippen molar-refractivity contribution in [1.29, 1.82) is 0 Å². The number of amidine groups is 1. The van der Waals surface area contributed by atoms with E-state index in [1.807, 2.05) is 29.6 Å². The Balaban J connectivity index is 1.57. The van der Waals surface area contributed by atoms with Gasteiger partial charge in [0.2, 0.25) is 0 Å². The van der Waals surface area contributed by atoms with Crippen LogP contribution in [0, 0.1) is 5.92 Å². The summed E-state index contributed by atoms with van der Waals surface area (Å²) in [5.41, 5.74) is 1.43. The van der Waals surface area contributed by atoms with Crippen LogP contribution < -0.4 is 5.32 Å².